The van der Waals surface area contributed by atoms with E-state index in [9.17, 15) is 9.90 Å². The number of carbonyl (C=O) groups excluding carboxylic acids is 1. The van der Waals surface area contributed by atoms with E-state index in [2.05, 4.69) is 31.6 Å². The fourth-order valence-electron chi connectivity index (χ4n) is 1.49. The van der Waals surface area contributed by atoms with Crippen LogP contribution in [0.1, 0.15) is 6.92 Å². The molecule has 0 spiro atoms. The Kier molecular flexibility index (Phi) is 3.30. The van der Waals surface area contributed by atoms with E-state index >= 15 is 0 Å². The third-order valence-corrected chi connectivity index (χ3v) is 2.45. The van der Waals surface area contributed by atoms with Gasteiger partial charge in [0.05, 0.1) is 5.57 Å². The smallest absolute Gasteiger partial charge is 0.254 e. The molecule has 2 N–H and O–H groups in total. The highest BCUT2D eigenvalue weighted by Crippen LogP contribution is 2.30. The molecule has 0 aromatic heterocycles. The van der Waals surface area contributed by atoms with Gasteiger partial charge >= 0.3 is 0 Å². The summed E-state index contributed by atoms with van der Waals surface area (Å²) in [6.45, 7) is 16.6. The summed E-state index contributed by atoms with van der Waals surface area (Å²) in [7, 11) is 0. The molecule has 0 aromatic carbocycles. The van der Waals surface area contributed by atoms with Crippen LogP contribution in [0.2, 0.25) is 0 Å². The first kappa shape index (κ1) is 12.2. The van der Waals surface area contributed by atoms with Crippen LogP contribution in [0.5, 0.6) is 0 Å². The molecule has 1 amide bonds. The number of allylic oxidation sites excluding steroid dienone is 2. The lowest BCUT2D eigenvalue weighted by Crippen LogP contribution is -2.28. The summed E-state index contributed by atoms with van der Waals surface area (Å²) in [4.78, 5) is 11.6. The Balaban J connectivity index is 3.35. The highest BCUT2D eigenvalue weighted by Gasteiger charge is 2.32. The zero-order valence-electron chi connectivity index (χ0n) is 9.34. The van der Waals surface area contributed by atoms with Gasteiger partial charge in [-0.3, -0.25) is 4.79 Å². The fourth-order valence-corrected chi connectivity index (χ4v) is 1.49. The molecule has 1 aliphatic rings. The van der Waals surface area contributed by atoms with Gasteiger partial charge in [0.15, 0.2) is 6.23 Å². The van der Waals surface area contributed by atoms with E-state index in [1.165, 1.54) is 6.08 Å². The van der Waals surface area contributed by atoms with Crippen LogP contribution in [-0.2, 0) is 4.79 Å². The second-order valence-corrected chi connectivity index (χ2v) is 3.65. The lowest BCUT2D eigenvalue weighted by atomic mass is 9.94. The maximum atomic E-state index is 11.6. The Labute approximate surface area is 95.2 Å². The third-order valence-electron chi connectivity index (χ3n) is 2.45. The van der Waals surface area contributed by atoms with Crippen LogP contribution in [0.3, 0.4) is 0 Å². The average molecular weight is 217 g/mol. The van der Waals surface area contributed by atoms with Gasteiger partial charge in [-0.1, -0.05) is 38.0 Å². The van der Waals surface area contributed by atoms with Crippen LogP contribution in [-0.4, -0.2) is 17.2 Å². The van der Waals surface area contributed by atoms with Gasteiger partial charge < -0.3 is 10.4 Å². The number of nitrogens with one attached hydrogen (secondary N) is 1. The molecule has 84 valence electrons. The molecule has 16 heavy (non-hydrogen) atoms. The minimum Gasteiger partial charge on any atom is -0.369 e. The predicted molar refractivity (Wildman–Crippen MR) is 64.5 cm³/mol. The Hall–Kier alpha value is -1.87. The maximum absolute atomic E-state index is 11.6. The molecule has 0 fully saturated rings. The van der Waals surface area contributed by atoms with Gasteiger partial charge in [0.25, 0.3) is 5.91 Å². The minimum atomic E-state index is -1.05. The minimum absolute atomic E-state index is 0.329. The number of amides is 1. The summed E-state index contributed by atoms with van der Waals surface area (Å²) in [5.74, 6) is -0.366. The molecule has 0 radical (unpaired) electrons. The van der Waals surface area contributed by atoms with Crippen LogP contribution >= 0.6 is 0 Å². The van der Waals surface area contributed by atoms with Crippen molar-refractivity contribution < 1.29 is 9.90 Å². The first-order chi connectivity index (χ1) is 7.40. The molecule has 1 rings (SSSR count). The van der Waals surface area contributed by atoms with Crippen LogP contribution in [0.15, 0.2) is 60.3 Å². The van der Waals surface area contributed by atoms with Crippen molar-refractivity contribution in [1.29, 1.82) is 0 Å². The van der Waals surface area contributed by atoms with E-state index in [0.717, 1.165) is 0 Å². The number of aliphatic hydroxyl groups is 1. The van der Waals surface area contributed by atoms with Gasteiger partial charge in [0.1, 0.15) is 0 Å². The van der Waals surface area contributed by atoms with Gasteiger partial charge in [0.2, 0.25) is 0 Å². The molecule has 0 aliphatic carbocycles. The third kappa shape index (κ3) is 1.90. The van der Waals surface area contributed by atoms with Crippen LogP contribution in [0.25, 0.3) is 0 Å². The van der Waals surface area contributed by atoms with E-state index in [0.29, 0.717) is 27.9 Å². The molecular weight excluding hydrogens is 202 g/mol. The lowest BCUT2D eigenvalue weighted by Gasteiger charge is -2.12. The molecule has 3 heteroatoms. The molecule has 0 saturated carbocycles. The summed E-state index contributed by atoms with van der Waals surface area (Å²) in [6.07, 6.45) is 0.418. The van der Waals surface area contributed by atoms with Gasteiger partial charge in [-0.15, -0.1) is 0 Å². The fraction of sp³-hybridized carbons (Fsp3) is 0.154. The van der Waals surface area contributed by atoms with E-state index in [1.807, 2.05) is 0 Å². The van der Waals surface area contributed by atoms with Gasteiger partial charge in [0, 0.05) is 5.57 Å². The standard InChI is InChI=1S/C13H15NO2/c1-6-8(4)10-11(9(5)7(2)3)13(16)14-12(10)15/h6,13,16H,1-2,4-5H2,3H3,(H,14,15). The molecule has 1 atom stereocenters. The van der Waals surface area contributed by atoms with Crippen molar-refractivity contribution in [3.8, 4) is 0 Å². The predicted octanol–water partition coefficient (Wildman–Crippen LogP) is 1.61. The average Bonchev–Trinajstić information content (AvgIpc) is 2.51. The summed E-state index contributed by atoms with van der Waals surface area (Å²) in [5, 5.41) is 12.1. The molecule has 1 aliphatic heterocycles. The summed E-state index contributed by atoms with van der Waals surface area (Å²) in [5.41, 5.74) is 2.47. The van der Waals surface area contributed by atoms with Gasteiger partial charge in [-0.25, -0.2) is 0 Å². The van der Waals surface area contributed by atoms with Crippen molar-refractivity contribution in [2.45, 2.75) is 13.2 Å². The number of rotatable bonds is 4. The number of aliphatic hydroxyl groups excluding tert-OH is 1. The largest absolute Gasteiger partial charge is 0.369 e. The van der Waals surface area contributed by atoms with Crippen molar-refractivity contribution in [2.75, 3.05) is 0 Å². The Morgan fingerprint density at radius 2 is 2.00 bits per heavy atom. The number of hydrogen-bond acceptors (Lipinski definition) is 2. The van der Waals surface area contributed by atoms with E-state index in [4.69, 9.17) is 0 Å². The molecule has 1 heterocycles. The van der Waals surface area contributed by atoms with Crippen LogP contribution < -0.4 is 5.32 Å². The zero-order valence-corrected chi connectivity index (χ0v) is 9.34. The topological polar surface area (TPSA) is 49.3 Å². The molecule has 0 saturated heterocycles. The Morgan fingerprint density at radius 3 is 2.44 bits per heavy atom. The number of carbonyl (C=O) groups is 1. The summed E-state index contributed by atoms with van der Waals surface area (Å²) >= 11 is 0. The summed E-state index contributed by atoms with van der Waals surface area (Å²) in [6, 6.07) is 0. The first-order valence-corrected chi connectivity index (χ1v) is 4.80. The van der Waals surface area contributed by atoms with Crippen molar-refractivity contribution in [2.24, 2.45) is 0 Å². The first-order valence-electron chi connectivity index (χ1n) is 4.80. The normalized spacial score (nSPS) is 19.4. The van der Waals surface area contributed by atoms with Crippen molar-refractivity contribution in [3.05, 3.63) is 60.3 Å². The highest BCUT2D eigenvalue weighted by atomic mass is 16.3. The lowest BCUT2D eigenvalue weighted by molar-refractivity contribution is -0.118. The van der Waals surface area contributed by atoms with Crippen molar-refractivity contribution >= 4 is 5.91 Å². The molecule has 0 bridgehead atoms. The second-order valence-electron chi connectivity index (χ2n) is 3.65. The molecule has 1 unspecified atom stereocenters. The van der Waals surface area contributed by atoms with Crippen LogP contribution in [0.4, 0.5) is 0 Å². The molecular formula is C13H15NO2. The van der Waals surface area contributed by atoms with E-state index < -0.39 is 6.23 Å². The monoisotopic (exact) mass is 217 g/mol. The SMILES string of the molecule is C=CC(=C)C1=C(C(=C)C(=C)C)C(O)NC1=O. The maximum Gasteiger partial charge on any atom is 0.254 e. The van der Waals surface area contributed by atoms with Gasteiger partial charge in [-0.2, -0.15) is 0 Å². The van der Waals surface area contributed by atoms with E-state index in [-0.39, 0.29) is 5.91 Å². The number of hydrogen-bond donors (Lipinski definition) is 2. The van der Waals surface area contributed by atoms with E-state index in [1.54, 1.807) is 6.92 Å². The zero-order chi connectivity index (χ0) is 12.5. The van der Waals surface area contributed by atoms with Crippen LogP contribution in [0, 0.1) is 0 Å². The molecule has 3 nitrogen and oxygen atoms in total. The quantitative estimate of drug-likeness (QED) is 0.703. The Bertz CT molecular complexity index is 441. The van der Waals surface area contributed by atoms with Gasteiger partial charge in [-0.05, 0) is 18.1 Å². The van der Waals surface area contributed by atoms with Crippen molar-refractivity contribution in [3.63, 3.8) is 0 Å². The van der Waals surface area contributed by atoms with Crippen molar-refractivity contribution in [1.82, 2.24) is 5.32 Å². The second kappa shape index (κ2) is 4.33. The highest BCUT2D eigenvalue weighted by molar-refractivity contribution is 6.03. The Morgan fingerprint density at radius 1 is 1.44 bits per heavy atom. The summed E-state index contributed by atoms with van der Waals surface area (Å²) < 4.78 is 0. The molecule has 0 aromatic rings.